The van der Waals surface area contributed by atoms with E-state index in [-0.39, 0.29) is 17.5 Å². The molecule has 0 aliphatic carbocycles. The summed E-state index contributed by atoms with van der Waals surface area (Å²) in [6, 6.07) is 11.4. The first-order valence-corrected chi connectivity index (χ1v) is 7.98. The van der Waals surface area contributed by atoms with Gasteiger partial charge in [0.15, 0.2) is 0 Å². The van der Waals surface area contributed by atoms with Crippen molar-refractivity contribution in [2.75, 3.05) is 19.6 Å². The van der Waals surface area contributed by atoms with Crippen molar-refractivity contribution in [1.29, 1.82) is 0 Å². The molecule has 1 aromatic carbocycles. The van der Waals surface area contributed by atoms with Gasteiger partial charge in [-0.2, -0.15) is 0 Å². The van der Waals surface area contributed by atoms with Crippen LogP contribution in [0.5, 0.6) is 0 Å². The molecule has 1 aliphatic heterocycles. The highest BCUT2D eigenvalue weighted by Gasteiger charge is 2.28. The lowest BCUT2D eigenvalue weighted by Crippen LogP contribution is -2.48. The van der Waals surface area contributed by atoms with Crippen molar-refractivity contribution < 1.29 is 4.79 Å². The van der Waals surface area contributed by atoms with Crippen molar-refractivity contribution in [2.45, 2.75) is 19.4 Å². The Morgan fingerprint density at radius 2 is 2.04 bits per heavy atom. The molecule has 2 heterocycles. The molecule has 2 aromatic rings. The zero-order valence-corrected chi connectivity index (χ0v) is 13.2. The van der Waals surface area contributed by atoms with Gasteiger partial charge >= 0.3 is 0 Å². The van der Waals surface area contributed by atoms with Gasteiger partial charge in [0, 0.05) is 37.5 Å². The van der Waals surface area contributed by atoms with Crippen LogP contribution in [0, 0.1) is 0 Å². The number of pyridine rings is 1. The number of hydrogen-bond acceptors (Lipinski definition) is 3. The van der Waals surface area contributed by atoms with Crippen molar-refractivity contribution in [3.63, 3.8) is 0 Å². The van der Waals surface area contributed by atoms with Gasteiger partial charge in [0.25, 0.3) is 5.91 Å². The Morgan fingerprint density at radius 3 is 2.74 bits per heavy atom. The number of H-pyrrole nitrogens is 1. The van der Waals surface area contributed by atoms with Crippen LogP contribution in [-0.2, 0) is 6.42 Å². The van der Waals surface area contributed by atoms with E-state index >= 15 is 0 Å². The van der Waals surface area contributed by atoms with Crippen LogP contribution >= 0.6 is 0 Å². The monoisotopic (exact) mass is 311 g/mol. The van der Waals surface area contributed by atoms with E-state index in [4.69, 9.17) is 0 Å². The third kappa shape index (κ3) is 3.35. The van der Waals surface area contributed by atoms with E-state index in [0.29, 0.717) is 12.1 Å². The van der Waals surface area contributed by atoms with Crippen molar-refractivity contribution in [1.82, 2.24) is 15.2 Å². The molecule has 0 radical (unpaired) electrons. The molecule has 0 spiro atoms. The fraction of sp³-hybridized carbons (Fsp3) is 0.333. The fourth-order valence-electron chi connectivity index (χ4n) is 2.96. The van der Waals surface area contributed by atoms with Gasteiger partial charge in [-0.15, -0.1) is 0 Å². The van der Waals surface area contributed by atoms with E-state index in [1.165, 1.54) is 17.8 Å². The molecule has 1 unspecified atom stereocenters. The summed E-state index contributed by atoms with van der Waals surface area (Å²) < 4.78 is 0. The van der Waals surface area contributed by atoms with E-state index in [0.717, 1.165) is 25.1 Å². The number of hydrogen-bond donors (Lipinski definition) is 2. The van der Waals surface area contributed by atoms with Gasteiger partial charge in [0.05, 0.1) is 6.04 Å². The number of aromatic amines is 1. The van der Waals surface area contributed by atoms with E-state index < -0.39 is 0 Å². The first-order valence-electron chi connectivity index (χ1n) is 7.98. The standard InChI is InChI=1S/C18H21N3O2/c1-2-13-3-5-14(6-4-13)16-12-19-9-10-21(16)18(23)15-7-8-20-17(22)11-15/h3-8,11,16,19H,2,9-10,12H2,1H3,(H,20,22). The molecule has 120 valence electrons. The molecule has 0 bridgehead atoms. The number of nitrogens with one attached hydrogen (secondary N) is 2. The van der Waals surface area contributed by atoms with Crippen LogP contribution in [0.1, 0.15) is 34.5 Å². The number of aryl methyl sites for hydroxylation is 1. The molecular formula is C18H21N3O2. The number of aromatic nitrogens is 1. The molecule has 1 aliphatic rings. The number of nitrogens with zero attached hydrogens (tertiary/aromatic N) is 1. The third-order valence-corrected chi connectivity index (χ3v) is 4.30. The lowest BCUT2D eigenvalue weighted by atomic mass is 10.00. The summed E-state index contributed by atoms with van der Waals surface area (Å²) in [6.07, 6.45) is 2.52. The van der Waals surface area contributed by atoms with Gasteiger partial charge in [-0.1, -0.05) is 31.2 Å². The molecule has 3 rings (SSSR count). The van der Waals surface area contributed by atoms with Gasteiger partial charge in [0.2, 0.25) is 5.56 Å². The highest BCUT2D eigenvalue weighted by molar-refractivity contribution is 5.94. The number of amides is 1. The highest BCUT2D eigenvalue weighted by Crippen LogP contribution is 2.24. The van der Waals surface area contributed by atoms with Gasteiger partial charge < -0.3 is 15.2 Å². The van der Waals surface area contributed by atoms with Crippen molar-refractivity contribution >= 4 is 5.91 Å². The smallest absolute Gasteiger partial charge is 0.254 e. The second kappa shape index (κ2) is 6.79. The van der Waals surface area contributed by atoms with Crippen LogP contribution in [0.15, 0.2) is 47.4 Å². The summed E-state index contributed by atoms with van der Waals surface area (Å²) in [7, 11) is 0. The van der Waals surface area contributed by atoms with Gasteiger partial charge in [0.1, 0.15) is 0 Å². The number of benzene rings is 1. The molecule has 23 heavy (non-hydrogen) atoms. The van der Waals surface area contributed by atoms with Crippen LogP contribution in [0.2, 0.25) is 0 Å². The number of rotatable bonds is 3. The number of piperazine rings is 1. The molecule has 0 saturated carbocycles. The molecule has 1 fully saturated rings. The molecule has 2 N–H and O–H groups in total. The summed E-state index contributed by atoms with van der Waals surface area (Å²) >= 11 is 0. The maximum absolute atomic E-state index is 12.8. The summed E-state index contributed by atoms with van der Waals surface area (Å²) in [4.78, 5) is 28.7. The van der Waals surface area contributed by atoms with E-state index in [1.807, 2.05) is 4.90 Å². The van der Waals surface area contributed by atoms with Crippen LogP contribution in [0.25, 0.3) is 0 Å². The van der Waals surface area contributed by atoms with Crippen LogP contribution < -0.4 is 10.9 Å². The Hall–Kier alpha value is -2.40. The van der Waals surface area contributed by atoms with E-state index in [9.17, 15) is 9.59 Å². The summed E-state index contributed by atoms with van der Waals surface area (Å²) in [6.45, 7) is 4.24. The average Bonchev–Trinajstić information content (AvgIpc) is 2.61. The largest absolute Gasteiger partial charge is 0.329 e. The minimum Gasteiger partial charge on any atom is -0.329 e. The van der Waals surface area contributed by atoms with Crippen molar-refractivity contribution in [3.05, 3.63) is 69.6 Å². The fourth-order valence-corrected chi connectivity index (χ4v) is 2.96. The Bertz CT molecular complexity index is 736. The zero-order chi connectivity index (χ0) is 16.2. The minimum absolute atomic E-state index is 0.0126. The summed E-state index contributed by atoms with van der Waals surface area (Å²) in [5, 5.41) is 3.35. The second-order valence-electron chi connectivity index (χ2n) is 5.76. The lowest BCUT2D eigenvalue weighted by Gasteiger charge is -2.36. The van der Waals surface area contributed by atoms with Crippen LogP contribution in [-0.4, -0.2) is 35.4 Å². The van der Waals surface area contributed by atoms with Crippen LogP contribution in [0.3, 0.4) is 0 Å². The third-order valence-electron chi connectivity index (χ3n) is 4.30. The first-order chi connectivity index (χ1) is 11.2. The summed E-state index contributed by atoms with van der Waals surface area (Å²) in [5.41, 5.74) is 2.58. The molecule has 1 saturated heterocycles. The lowest BCUT2D eigenvalue weighted by molar-refractivity contribution is 0.0634. The minimum atomic E-state index is -0.255. The highest BCUT2D eigenvalue weighted by atomic mass is 16.2. The van der Waals surface area contributed by atoms with E-state index in [2.05, 4.69) is 41.5 Å². The molecular weight excluding hydrogens is 290 g/mol. The van der Waals surface area contributed by atoms with Crippen molar-refractivity contribution in [3.8, 4) is 0 Å². The molecule has 5 heteroatoms. The molecule has 1 aromatic heterocycles. The zero-order valence-electron chi connectivity index (χ0n) is 13.2. The summed E-state index contributed by atoms with van der Waals surface area (Å²) in [5.74, 6) is -0.0952. The second-order valence-corrected chi connectivity index (χ2v) is 5.76. The quantitative estimate of drug-likeness (QED) is 0.907. The molecule has 5 nitrogen and oxygen atoms in total. The predicted molar refractivity (Wildman–Crippen MR) is 89.5 cm³/mol. The number of carbonyl (C=O) groups is 1. The number of carbonyl (C=O) groups excluding carboxylic acids is 1. The normalized spacial score (nSPS) is 18.0. The Labute approximate surface area is 135 Å². The Kier molecular flexibility index (Phi) is 4.57. The van der Waals surface area contributed by atoms with Crippen LogP contribution in [0.4, 0.5) is 0 Å². The van der Waals surface area contributed by atoms with Gasteiger partial charge in [-0.25, -0.2) is 0 Å². The first kappa shape index (κ1) is 15.5. The Balaban J connectivity index is 1.88. The maximum atomic E-state index is 12.8. The molecule has 1 atom stereocenters. The van der Waals surface area contributed by atoms with E-state index in [1.54, 1.807) is 6.07 Å². The van der Waals surface area contributed by atoms with Gasteiger partial charge in [-0.05, 0) is 23.6 Å². The average molecular weight is 311 g/mol. The molecule has 1 amide bonds. The Morgan fingerprint density at radius 1 is 1.26 bits per heavy atom. The SMILES string of the molecule is CCc1ccc(C2CNCCN2C(=O)c2cc[nH]c(=O)c2)cc1. The van der Waals surface area contributed by atoms with Gasteiger partial charge in [-0.3, -0.25) is 9.59 Å². The predicted octanol–water partition coefficient (Wildman–Crippen LogP) is 1.72. The maximum Gasteiger partial charge on any atom is 0.254 e. The van der Waals surface area contributed by atoms with Crippen molar-refractivity contribution in [2.24, 2.45) is 0 Å². The topological polar surface area (TPSA) is 65.2 Å².